The highest BCUT2D eigenvalue weighted by molar-refractivity contribution is 9.10. The fourth-order valence-corrected chi connectivity index (χ4v) is 1.92. The zero-order valence-corrected chi connectivity index (χ0v) is 16.5. The summed E-state index contributed by atoms with van der Waals surface area (Å²) in [6.45, 7) is 12.2. The van der Waals surface area contributed by atoms with Gasteiger partial charge in [0.05, 0.1) is 0 Å². The Bertz CT molecular complexity index is 395. The van der Waals surface area contributed by atoms with Crippen LogP contribution in [0.2, 0.25) is 0 Å². The summed E-state index contributed by atoms with van der Waals surface area (Å²) in [5.41, 5.74) is 2.59. The first-order valence-electron chi connectivity index (χ1n) is 7.02. The summed E-state index contributed by atoms with van der Waals surface area (Å²) >= 11 is 6.71. The number of rotatable bonds is 0. The molecule has 2 aromatic carbocycles. The third-order valence-electron chi connectivity index (χ3n) is 1.99. The average molecular weight is 402 g/mol. The lowest BCUT2D eigenvalue weighted by Crippen LogP contribution is -1.67. The lowest BCUT2D eigenvalue weighted by Gasteiger charge is -1.89. The van der Waals surface area contributed by atoms with Gasteiger partial charge in [0, 0.05) is 8.95 Å². The van der Waals surface area contributed by atoms with Crippen LogP contribution in [0.5, 0.6) is 0 Å². The molecule has 0 aliphatic rings. The molecular formula is C18H26Br2. The SMILES string of the molecule is CC.CC.Cc1ccc(Br)cc1.Cc1cccc(Br)c1. The predicted octanol–water partition coefficient (Wildman–Crippen LogP) is 7.57. The van der Waals surface area contributed by atoms with Gasteiger partial charge >= 0.3 is 0 Å². The normalized spacial score (nSPS) is 8.00. The maximum absolute atomic E-state index is 3.36. The van der Waals surface area contributed by atoms with Crippen LogP contribution in [0.1, 0.15) is 38.8 Å². The van der Waals surface area contributed by atoms with Crippen molar-refractivity contribution in [2.75, 3.05) is 0 Å². The molecule has 2 aromatic rings. The monoisotopic (exact) mass is 400 g/mol. The Morgan fingerprint density at radius 2 is 1.10 bits per heavy atom. The smallest absolute Gasteiger partial charge is 0.0177 e. The molecule has 0 heterocycles. The Morgan fingerprint density at radius 3 is 1.40 bits per heavy atom. The van der Waals surface area contributed by atoms with Crippen LogP contribution in [0.4, 0.5) is 0 Å². The molecule has 112 valence electrons. The van der Waals surface area contributed by atoms with E-state index in [-0.39, 0.29) is 0 Å². The largest absolute Gasteiger partial charge is 0.0683 e. The van der Waals surface area contributed by atoms with Gasteiger partial charge in [0.25, 0.3) is 0 Å². The summed E-state index contributed by atoms with van der Waals surface area (Å²) in [5, 5.41) is 0. The van der Waals surface area contributed by atoms with Gasteiger partial charge in [-0.25, -0.2) is 0 Å². The highest BCUT2D eigenvalue weighted by Gasteiger charge is 1.82. The number of hydrogen-bond donors (Lipinski definition) is 0. The maximum Gasteiger partial charge on any atom is 0.0177 e. The van der Waals surface area contributed by atoms with Crippen molar-refractivity contribution in [1.82, 2.24) is 0 Å². The van der Waals surface area contributed by atoms with Gasteiger partial charge in [0.15, 0.2) is 0 Å². The van der Waals surface area contributed by atoms with Crippen molar-refractivity contribution in [3.05, 3.63) is 68.6 Å². The summed E-state index contributed by atoms with van der Waals surface area (Å²) in [4.78, 5) is 0. The van der Waals surface area contributed by atoms with Crippen LogP contribution < -0.4 is 0 Å². The third-order valence-corrected chi connectivity index (χ3v) is 3.01. The molecule has 0 aliphatic heterocycles. The average Bonchev–Trinajstić information content (AvgIpc) is 2.47. The summed E-state index contributed by atoms with van der Waals surface area (Å²) in [7, 11) is 0. The van der Waals surface area contributed by atoms with Gasteiger partial charge in [0.2, 0.25) is 0 Å². The Kier molecular flexibility index (Phi) is 16.1. The topological polar surface area (TPSA) is 0 Å². The van der Waals surface area contributed by atoms with E-state index in [1.807, 2.05) is 52.0 Å². The molecule has 0 aromatic heterocycles. The van der Waals surface area contributed by atoms with Crippen molar-refractivity contribution in [2.24, 2.45) is 0 Å². The van der Waals surface area contributed by atoms with E-state index in [1.54, 1.807) is 0 Å². The maximum atomic E-state index is 3.36. The Hall–Kier alpha value is -0.600. The van der Waals surface area contributed by atoms with Crippen molar-refractivity contribution in [3.8, 4) is 0 Å². The molecule has 0 bridgehead atoms. The molecule has 20 heavy (non-hydrogen) atoms. The Labute approximate surface area is 141 Å². The van der Waals surface area contributed by atoms with Crippen molar-refractivity contribution in [3.63, 3.8) is 0 Å². The molecule has 0 nitrogen and oxygen atoms in total. The van der Waals surface area contributed by atoms with Gasteiger partial charge in [-0.2, -0.15) is 0 Å². The standard InChI is InChI=1S/2C7H7Br.2C2H6/c1-6-2-4-7(8)5-3-6;1-6-3-2-4-7(8)5-6;2*1-2/h2*2-5H,1H3;2*1-2H3. The lowest BCUT2D eigenvalue weighted by molar-refractivity contribution is 1.45. The molecule has 0 aliphatic carbocycles. The van der Waals surface area contributed by atoms with Crippen molar-refractivity contribution < 1.29 is 0 Å². The van der Waals surface area contributed by atoms with Gasteiger partial charge in [-0.1, -0.05) is 94.9 Å². The minimum absolute atomic E-state index is 1.14. The van der Waals surface area contributed by atoms with Gasteiger partial charge in [-0.05, 0) is 38.1 Å². The van der Waals surface area contributed by atoms with Gasteiger partial charge in [0.1, 0.15) is 0 Å². The van der Waals surface area contributed by atoms with Crippen molar-refractivity contribution in [2.45, 2.75) is 41.5 Å². The minimum Gasteiger partial charge on any atom is -0.0683 e. The highest BCUT2D eigenvalue weighted by Crippen LogP contribution is 2.10. The first-order valence-corrected chi connectivity index (χ1v) is 8.61. The zero-order chi connectivity index (χ0) is 16.0. The summed E-state index contributed by atoms with van der Waals surface area (Å²) in [6, 6.07) is 16.4. The Balaban J connectivity index is 0. The van der Waals surface area contributed by atoms with Crippen LogP contribution in [0, 0.1) is 13.8 Å². The molecular weight excluding hydrogens is 376 g/mol. The molecule has 0 saturated carbocycles. The molecule has 0 atom stereocenters. The quantitative estimate of drug-likeness (QED) is 0.426. The van der Waals surface area contributed by atoms with Gasteiger partial charge in [-0.3, -0.25) is 0 Å². The second-order valence-electron chi connectivity index (χ2n) is 3.59. The van der Waals surface area contributed by atoms with Crippen LogP contribution in [0.3, 0.4) is 0 Å². The molecule has 0 spiro atoms. The molecule has 0 fully saturated rings. The van der Waals surface area contributed by atoms with Crippen molar-refractivity contribution in [1.29, 1.82) is 0 Å². The lowest BCUT2D eigenvalue weighted by atomic mass is 10.2. The number of aryl methyl sites for hydroxylation is 2. The fraction of sp³-hybridized carbons (Fsp3) is 0.333. The number of halogens is 2. The van der Waals surface area contributed by atoms with Crippen LogP contribution in [-0.4, -0.2) is 0 Å². The number of hydrogen-bond acceptors (Lipinski definition) is 0. The van der Waals surface area contributed by atoms with E-state index in [2.05, 4.69) is 70.0 Å². The second-order valence-corrected chi connectivity index (χ2v) is 5.43. The predicted molar refractivity (Wildman–Crippen MR) is 100 cm³/mol. The van der Waals surface area contributed by atoms with E-state index < -0.39 is 0 Å². The summed E-state index contributed by atoms with van der Waals surface area (Å²) in [5.74, 6) is 0. The van der Waals surface area contributed by atoms with Crippen LogP contribution in [-0.2, 0) is 0 Å². The fourth-order valence-electron chi connectivity index (χ4n) is 1.14. The van der Waals surface area contributed by atoms with Crippen LogP contribution >= 0.6 is 31.9 Å². The van der Waals surface area contributed by atoms with E-state index >= 15 is 0 Å². The number of benzene rings is 2. The van der Waals surface area contributed by atoms with Crippen LogP contribution in [0.25, 0.3) is 0 Å². The first kappa shape index (κ1) is 21.7. The van der Waals surface area contributed by atoms with E-state index in [4.69, 9.17) is 0 Å². The molecule has 0 amide bonds. The third kappa shape index (κ3) is 12.4. The molecule has 0 unspecified atom stereocenters. The minimum atomic E-state index is 1.14. The molecule has 2 rings (SSSR count). The zero-order valence-electron chi connectivity index (χ0n) is 13.4. The summed E-state index contributed by atoms with van der Waals surface area (Å²) in [6.07, 6.45) is 0. The molecule has 0 N–H and O–H groups in total. The highest BCUT2D eigenvalue weighted by atomic mass is 79.9. The summed E-state index contributed by atoms with van der Waals surface area (Å²) < 4.78 is 2.29. The van der Waals surface area contributed by atoms with E-state index in [9.17, 15) is 0 Å². The van der Waals surface area contributed by atoms with E-state index in [1.165, 1.54) is 11.1 Å². The van der Waals surface area contributed by atoms with Gasteiger partial charge in [-0.15, -0.1) is 0 Å². The van der Waals surface area contributed by atoms with Crippen molar-refractivity contribution >= 4 is 31.9 Å². The molecule has 0 radical (unpaired) electrons. The van der Waals surface area contributed by atoms with E-state index in [0.29, 0.717) is 0 Å². The first-order chi connectivity index (χ1) is 9.58. The van der Waals surface area contributed by atoms with Gasteiger partial charge < -0.3 is 0 Å². The van der Waals surface area contributed by atoms with Crippen LogP contribution in [0.15, 0.2) is 57.5 Å². The van der Waals surface area contributed by atoms with E-state index in [0.717, 1.165) is 8.95 Å². The molecule has 2 heteroatoms. The second kappa shape index (κ2) is 14.8. The molecule has 0 saturated heterocycles. The Morgan fingerprint density at radius 1 is 0.600 bits per heavy atom.